The van der Waals surface area contributed by atoms with Gasteiger partial charge < -0.3 is 9.47 Å². The lowest BCUT2D eigenvalue weighted by Crippen LogP contribution is -2.36. The molecule has 0 unspecified atom stereocenters. The molecule has 0 saturated carbocycles. The second-order valence-corrected chi connectivity index (χ2v) is 6.76. The van der Waals surface area contributed by atoms with Crippen molar-refractivity contribution in [3.05, 3.63) is 0 Å². The van der Waals surface area contributed by atoms with Crippen LogP contribution in [0.5, 0.6) is 0 Å². The Hall–Kier alpha value is -1.06. The van der Waals surface area contributed by atoms with Gasteiger partial charge in [0.05, 0.1) is 0 Å². The van der Waals surface area contributed by atoms with E-state index in [1.165, 1.54) is 25.7 Å². The van der Waals surface area contributed by atoms with E-state index in [1.807, 2.05) is 6.92 Å². The predicted molar refractivity (Wildman–Crippen MR) is 97.6 cm³/mol. The highest BCUT2D eigenvalue weighted by Gasteiger charge is 2.30. The molecular weight excluding hydrogens is 304 g/mol. The Labute approximate surface area is 148 Å². The Morgan fingerprint density at radius 2 is 1.04 bits per heavy atom. The lowest BCUT2D eigenvalue weighted by atomic mass is 10.1. The highest BCUT2D eigenvalue weighted by Crippen LogP contribution is 2.20. The molecule has 0 N–H and O–H groups in total. The third kappa shape index (κ3) is 12.4. The van der Waals surface area contributed by atoms with E-state index in [2.05, 4.69) is 13.8 Å². The average molecular weight is 343 g/mol. The van der Waals surface area contributed by atoms with Gasteiger partial charge in [0.1, 0.15) is 0 Å². The normalized spacial score (nSPS) is 11.3. The fourth-order valence-electron chi connectivity index (χ4n) is 2.49. The van der Waals surface area contributed by atoms with Crippen molar-refractivity contribution >= 4 is 11.9 Å². The first-order valence-corrected chi connectivity index (χ1v) is 9.91. The summed E-state index contributed by atoms with van der Waals surface area (Å²) in [5.41, 5.74) is 0. The second kappa shape index (κ2) is 14.3. The summed E-state index contributed by atoms with van der Waals surface area (Å²) in [6.07, 6.45) is 12.1. The molecule has 0 heterocycles. The molecule has 0 rings (SSSR count). The Bertz CT molecular complexity index is 311. The zero-order valence-corrected chi connectivity index (χ0v) is 16.3. The largest absolute Gasteiger partial charge is 0.423 e. The Kier molecular flexibility index (Phi) is 13.7. The van der Waals surface area contributed by atoms with E-state index < -0.39 is 5.79 Å². The number of unbranched alkanes of at least 4 members (excludes halogenated alkanes) is 8. The topological polar surface area (TPSA) is 52.6 Å². The van der Waals surface area contributed by atoms with Crippen LogP contribution in [0.4, 0.5) is 0 Å². The number of ether oxygens (including phenoxy) is 2. The van der Waals surface area contributed by atoms with Crippen molar-refractivity contribution in [2.75, 3.05) is 0 Å². The summed E-state index contributed by atoms with van der Waals surface area (Å²) in [6.45, 7) is 7.87. The van der Waals surface area contributed by atoms with Gasteiger partial charge in [0, 0.05) is 26.2 Å². The van der Waals surface area contributed by atoms with Crippen LogP contribution in [0.25, 0.3) is 0 Å². The Morgan fingerprint density at radius 3 is 1.38 bits per heavy atom. The summed E-state index contributed by atoms with van der Waals surface area (Å²) in [4.78, 5) is 23.9. The van der Waals surface area contributed by atoms with Crippen molar-refractivity contribution in [1.82, 2.24) is 0 Å². The van der Waals surface area contributed by atoms with Crippen LogP contribution in [0.2, 0.25) is 0 Å². The van der Waals surface area contributed by atoms with Crippen molar-refractivity contribution in [3.63, 3.8) is 0 Å². The van der Waals surface area contributed by atoms with Crippen LogP contribution in [0.3, 0.4) is 0 Å². The van der Waals surface area contributed by atoms with Crippen molar-refractivity contribution in [1.29, 1.82) is 0 Å². The molecule has 0 bridgehead atoms. The minimum Gasteiger partial charge on any atom is -0.423 e. The highest BCUT2D eigenvalue weighted by atomic mass is 16.7. The Balaban J connectivity index is 4.03. The van der Waals surface area contributed by atoms with Gasteiger partial charge in [-0.05, 0) is 12.8 Å². The summed E-state index contributed by atoms with van der Waals surface area (Å²) < 4.78 is 10.9. The van der Waals surface area contributed by atoms with Crippen molar-refractivity contribution in [2.24, 2.45) is 0 Å². The van der Waals surface area contributed by atoms with Crippen LogP contribution in [0.15, 0.2) is 0 Å². The average Bonchev–Trinajstić information content (AvgIpc) is 2.54. The first kappa shape index (κ1) is 22.9. The molecule has 4 nitrogen and oxygen atoms in total. The van der Waals surface area contributed by atoms with Crippen molar-refractivity contribution in [3.8, 4) is 0 Å². The van der Waals surface area contributed by atoms with Gasteiger partial charge in [-0.15, -0.1) is 0 Å². The van der Waals surface area contributed by atoms with Crippen LogP contribution < -0.4 is 0 Å². The van der Waals surface area contributed by atoms with E-state index in [4.69, 9.17) is 9.47 Å². The minimum atomic E-state index is -1.12. The molecule has 0 saturated heterocycles. The van der Waals surface area contributed by atoms with Crippen molar-refractivity contribution < 1.29 is 19.1 Å². The summed E-state index contributed by atoms with van der Waals surface area (Å²) in [5, 5.41) is 0. The monoisotopic (exact) mass is 342 g/mol. The zero-order valence-electron chi connectivity index (χ0n) is 16.3. The van der Waals surface area contributed by atoms with E-state index in [9.17, 15) is 9.59 Å². The van der Waals surface area contributed by atoms with Gasteiger partial charge in [0.15, 0.2) is 0 Å². The molecule has 0 atom stereocenters. The van der Waals surface area contributed by atoms with Crippen molar-refractivity contribution in [2.45, 2.75) is 117 Å². The van der Waals surface area contributed by atoms with E-state index in [-0.39, 0.29) is 11.9 Å². The maximum atomic E-state index is 12.0. The first-order valence-electron chi connectivity index (χ1n) is 9.91. The maximum absolute atomic E-state index is 12.0. The fraction of sp³-hybridized carbons (Fsp3) is 0.900. The highest BCUT2D eigenvalue weighted by molar-refractivity contribution is 5.72. The van der Waals surface area contributed by atoms with Gasteiger partial charge >= 0.3 is 11.9 Å². The van der Waals surface area contributed by atoms with Gasteiger partial charge in [-0.25, -0.2) is 0 Å². The van der Waals surface area contributed by atoms with E-state index >= 15 is 0 Å². The fourth-order valence-corrected chi connectivity index (χ4v) is 2.49. The lowest BCUT2D eigenvalue weighted by molar-refractivity contribution is -0.223. The molecule has 4 heteroatoms. The summed E-state index contributed by atoms with van der Waals surface area (Å²) in [7, 11) is 0. The molecule has 0 aromatic heterocycles. The molecule has 0 fully saturated rings. The summed E-state index contributed by atoms with van der Waals surface area (Å²) >= 11 is 0. The first-order chi connectivity index (χ1) is 11.5. The second-order valence-electron chi connectivity index (χ2n) is 6.76. The molecule has 0 spiro atoms. The quantitative estimate of drug-likeness (QED) is 0.210. The van der Waals surface area contributed by atoms with Gasteiger partial charge in [-0.1, -0.05) is 72.1 Å². The smallest absolute Gasteiger partial charge is 0.309 e. The number of carbonyl (C=O) groups excluding carboxylic acids is 2. The lowest BCUT2D eigenvalue weighted by Gasteiger charge is -2.28. The number of hydrogen-bond acceptors (Lipinski definition) is 4. The molecule has 0 radical (unpaired) electrons. The van der Waals surface area contributed by atoms with Gasteiger partial charge in [-0.2, -0.15) is 0 Å². The van der Waals surface area contributed by atoms with E-state index in [1.54, 1.807) is 6.92 Å². The van der Waals surface area contributed by atoms with Crippen LogP contribution in [0, 0.1) is 0 Å². The minimum absolute atomic E-state index is 0.272. The summed E-state index contributed by atoms with van der Waals surface area (Å²) in [6, 6.07) is 0. The van der Waals surface area contributed by atoms with Crippen LogP contribution in [-0.4, -0.2) is 17.7 Å². The molecule has 0 aromatic carbocycles. The number of hydrogen-bond donors (Lipinski definition) is 0. The van der Waals surface area contributed by atoms with Gasteiger partial charge in [0.2, 0.25) is 0 Å². The third-order valence-corrected chi connectivity index (χ3v) is 4.27. The standard InChI is InChI=1S/C20H38O4/c1-5-8-10-12-14-16-18(21)23-20(4,7-3)24-19(22)17-15-13-11-9-6-2/h5-17H2,1-4H3. The molecule has 142 valence electrons. The van der Waals surface area contributed by atoms with Crippen LogP contribution in [0.1, 0.15) is 111 Å². The molecule has 0 aliphatic heterocycles. The third-order valence-electron chi connectivity index (χ3n) is 4.27. The van der Waals surface area contributed by atoms with Gasteiger partial charge in [0.25, 0.3) is 5.79 Å². The van der Waals surface area contributed by atoms with E-state index in [0.717, 1.165) is 38.5 Å². The Morgan fingerprint density at radius 1 is 0.667 bits per heavy atom. The number of esters is 2. The van der Waals surface area contributed by atoms with E-state index in [0.29, 0.717) is 19.3 Å². The molecule has 0 aliphatic rings. The maximum Gasteiger partial charge on any atom is 0.309 e. The molecule has 0 aliphatic carbocycles. The molecule has 24 heavy (non-hydrogen) atoms. The van der Waals surface area contributed by atoms with Crippen LogP contribution >= 0.6 is 0 Å². The number of rotatable bonds is 15. The molecular formula is C20H38O4. The number of carbonyl (C=O) groups is 2. The predicted octanol–water partition coefficient (Wildman–Crippen LogP) is 5.92. The molecule has 0 aromatic rings. The summed E-state index contributed by atoms with van der Waals surface area (Å²) in [5.74, 6) is -1.67. The molecule has 0 amide bonds. The zero-order chi connectivity index (χ0) is 18.3. The van der Waals surface area contributed by atoms with Gasteiger partial charge in [-0.3, -0.25) is 9.59 Å². The van der Waals surface area contributed by atoms with Crippen LogP contribution in [-0.2, 0) is 19.1 Å². The SMILES string of the molecule is CCCCCCCC(=O)OC(C)(CC)OC(=O)CCCCCCC.